The number of phenols is 1. The van der Waals surface area contributed by atoms with E-state index in [9.17, 15) is 14.7 Å². The van der Waals surface area contributed by atoms with Crippen LogP contribution in [0.5, 0.6) is 5.75 Å². The lowest BCUT2D eigenvalue weighted by Gasteiger charge is -2.10. The first-order valence-corrected chi connectivity index (χ1v) is 9.84. The number of carbonyl (C=O) groups is 2. The molecule has 134 valence electrons. The molecule has 0 saturated carbocycles. The van der Waals surface area contributed by atoms with Gasteiger partial charge in [-0.2, -0.15) is 0 Å². The Morgan fingerprint density at radius 1 is 1.07 bits per heavy atom. The lowest BCUT2D eigenvalue weighted by Crippen LogP contribution is -2.27. The van der Waals surface area contributed by atoms with Crippen LogP contribution in [0.3, 0.4) is 0 Å². The van der Waals surface area contributed by atoms with Gasteiger partial charge >= 0.3 is 0 Å². The van der Waals surface area contributed by atoms with E-state index in [2.05, 4.69) is 4.98 Å². The maximum absolute atomic E-state index is 12.6. The van der Waals surface area contributed by atoms with Crippen LogP contribution in [0.25, 0.3) is 16.6 Å². The molecule has 5 nitrogen and oxygen atoms in total. The van der Waals surface area contributed by atoms with E-state index in [4.69, 9.17) is 0 Å². The summed E-state index contributed by atoms with van der Waals surface area (Å²) in [6.07, 6.45) is 1.61. The third kappa shape index (κ3) is 3.79. The summed E-state index contributed by atoms with van der Waals surface area (Å²) in [6.45, 7) is 0.144. The second-order valence-corrected chi connectivity index (χ2v) is 7.72. The van der Waals surface area contributed by atoms with Crippen molar-refractivity contribution in [2.45, 2.75) is 6.54 Å². The standard InChI is InChI=1S/C20H14N2O3S2/c23-16-8-4-5-13(9-16)10-17-19(24)22(20(25)27-17)11-15-12-26-18(21-15)14-6-2-1-3-7-14/h1-10,12,23H,11H2/b17-10+. The number of imide groups is 1. The molecule has 0 spiro atoms. The van der Waals surface area contributed by atoms with Crippen LogP contribution in [0.1, 0.15) is 11.3 Å². The Kier molecular flexibility index (Phi) is 4.79. The quantitative estimate of drug-likeness (QED) is 0.647. The molecule has 1 aliphatic heterocycles. The normalized spacial score (nSPS) is 15.7. The average Bonchev–Trinajstić information content (AvgIpc) is 3.23. The highest BCUT2D eigenvalue weighted by Gasteiger charge is 2.35. The van der Waals surface area contributed by atoms with Crippen molar-refractivity contribution in [3.05, 3.63) is 76.1 Å². The van der Waals surface area contributed by atoms with Gasteiger partial charge in [-0.3, -0.25) is 14.5 Å². The maximum atomic E-state index is 12.6. The van der Waals surface area contributed by atoms with E-state index >= 15 is 0 Å². The van der Waals surface area contributed by atoms with Gasteiger partial charge in [0.2, 0.25) is 0 Å². The van der Waals surface area contributed by atoms with E-state index in [1.807, 2.05) is 35.7 Å². The van der Waals surface area contributed by atoms with E-state index in [-0.39, 0.29) is 23.4 Å². The molecule has 2 aromatic carbocycles. The minimum Gasteiger partial charge on any atom is -0.508 e. The van der Waals surface area contributed by atoms with Gasteiger partial charge in [-0.1, -0.05) is 42.5 Å². The topological polar surface area (TPSA) is 70.5 Å². The number of amides is 2. The number of carbonyl (C=O) groups excluding carboxylic acids is 2. The number of thioether (sulfide) groups is 1. The summed E-state index contributed by atoms with van der Waals surface area (Å²) in [7, 11) is 0. The number of phenolic OH excluding ortho intramolecular Hbond substituents is 1. The number of aromatic hydroxyl groups is 1. The fraction of sp³-hybridized carbons (Fsp3) is 0.0500. The smallest absolute Gasteiger partial charge is 0.293 e. The summed E-state index contributed by atoms with van der Waals surface area (Å²) < 4.78 is 0. The third-order valence-corrected chi connectivity index (χ3v) is 5.78. The molecule has 1 N–H and O–H groups in total. The number of nitrogens with zero attached hydrogens (tertiary/aromatic N) is 2. The van der Waals surface area contributed by atoms with Crippen molar-refractivity contribution in [1.29, 1.82) is 0 Å². The first-order chi connectivity index (χ1) is 13.1. The molecule has 27 heavy (non-hydrogen) atoms. The van der Waals surface area contributed by atoms with Crippen molar-refractivity contribution >= 4 is 40.3 Å². The Morgan fingerprint density at radius 3 is 2.67 bits per heavy atom. The molecular weight excluding hydrogens is 380 g/mol. The monoisotopic (exact) mass is 394 g/mol. The van der Waals surface area contributed by atoms with Crippen molar-refractivity contribution in [2.24, 2.45) is 0 Å². The van der Waals surface area contributed by atoms with Crippen molar-refractivity contribution in [1.82, 2.24) is 9.88 Å². The van der Waals surface area contributed by atoms with E-state index in [0.29, 0.717) is 16.2 Å². The van der Waals surface area contributed by atoms with Gasteiger partial charge in [-0.25, -0.2) is 4.98 Å². The zero-order valence-corrected chi connectivity index (χ0v) is 15.7. The number of thiazole rings is 1. The van der Waals surface area contributed by atoms with Crippen LogP contribution in [0.15, 0.2) is 64.9 Å². The van der Waals surface area contributed by atoms with Crippen LogP contribution in [0, 0.1) is 0 Å². The molecule has 0 atom stereocenters. The summed E-state index contributed by atoms with van der Waals surface area (Å²) in [4.78, 5) is 31.0. The van der Waals surface area contributed by atoms with Gasteiger partial charge in [0.1, 0.15) is 10.8 Å². The van der Waals surface area contributed by atoms with Crippen molar-refractivity contribution < 1.29 is 14.7 Å². The fourth-order valence-corrected chi connectivity index (χ4v) is 4.31. The molecule has 1 aliphatic rings. The highest BCUT2D eigenvalue weighted by Crippen LogP contribution is 2.34. The van der Waals surface area contributed by atoms with Gasteiger partial charge in [0.15, 0.2) is 0 Å². The molecule has 2 amide bonds. The second-order valence-electron chi connectivity index (χ2n) is 5.87. The Labute approximate surface area is 164 Å². The van der Waals surface area contributed by atoms with E-state index < -0.39 is 0 Å². The van der Waals surface area contributed by atoms with Crippen LogP contribution in [-0.4, -0.2) is 26.1 Å². The number of aromatic nitrogens is 1. The Hall–Kier alpha value is -2.90. The summed E-state index contributed by atoms with van der Waals surface area (Å²) in [5, 5.41) is 11.9. The van der Waals surface area contributed by atoms with Gasteiger partial charge in [-0.15, -0.1) is 11.3 Å². The van der Waals surface area contributed by atoms with Gasteiger partial charge in [0, 0.05) is 10.9 Å². The van der Waals surface area contributed by atoms with Gasteiger partial charge < -0.3 is 5.11 Å². The first kappa shape index (κ1) is 17.5. The first-order valence-electron chi connectivity index (χ1n) is 8.14. The van der Waals surface area contributed by atoms with Crippen molar-refractivity contribution in [3.63, 3.8) is 0 Å². The molecule has 0 bridgehead atoms. The zero-order chi connectivity index (χ0) is 18.8. The van der Waals surface area contributed by atoms with E-state index in [0.717, 1.165) is 22.3 Å². The minimum absolute atomic E-state index is 0.110. The Bertz CT molecular complexity index is 1040. The van der Waals surface area contributed by atoms with Crippen LogP contribution >= 0.6 is 23.1 Å². The minimum atomic E-state index is -0.345. The van der Waals surface area contributed by atoms with Gasteiger partial charge in [-0.05, 0) is 35.5 Å². The summed E-state index contributed by atoms with van der Waals surface area (Å²) in [5.41, 5.74) is 2.35. The van der Waals surface area contributed by atoms with Crippen molar-refractivity contribution in [3.8, 4) is 16.3 Å². The fourth-order valence-electron chi connectivity index (χ4n) is 2.66. The highest BCUT2D eigenvalue weighted by atomic mass is 32.2. The van der Waals surface area contributed by atoms with Crippen LogP contribution in [0.2, 0.25) is 0 Å². The summed E-state index contributed by atoms with van der Waals surface area (Å²) in [5.74, 6) is -0.235. The third-order valence-electron chi connectivity index (χ3n) is 3.93. The second kappa shape index (κ2) is 7.38. The Balaban J connectivity index is 1.52. The van der Waals surface area contributed by atoms with E-state index in [1.54, 1.807) is 30.3 Å². The van der Waals surface area contributed by atoms with Gasteiger partial charge in [0.25, 0.3) is 11.1 Å². The molecule has 3 aromatic rings. The van der Waals surface area contributed by atoms with Crippen LogP contribution < -0.4 is 0 Å². The lowest BCUT2D eigenvalue weighted by atomic mass is 10.2. The molecule has 4 rings (SSSR count). The highest BCUT2D eigenvalue weighted by molar-refractivity contribution is 8.18. The molecule has 1 saturated heterocycles. The van der Waals surface area contributed by atoms with Crippen LogP contribution in [0.4, 0.5) is 4.79 Å². The SMILES string of the molecule is O=C1S/C(=C/c2cccc(O)c2)C(=O)N1Cc1csc(-c2ccccc2)n1. The number of hydrogen-bond acceptors (Lipinski definition) is 6. The predicted molar refractivity (Wildman–Crippen MR) is 107 cm³/mol. The molecule has 0 aliphatic carbocycles. The summed E-state index contributed by atoms with van der Waals surface area (Å²) in [6, 6.07) is 16.3. The van der Waals surface area contributed by atoms with E-state index in [1.165, 1.54) is 16.2 Å². The molecule has 1 aromatic heterocycles. The maximum Gasteiger partial charge on any atom is 0.293 e. The Morgan fingerprint density at radius 2 is 1.89 bits per heavy atom. The number of benzene rings is 2. The number of hydrogen-bond donors (Lipinski definition) is 1. The number of rotatable bonds is 4. The molecule has 0 unspecified atom stereocenters. The molecule has 7 heteroatoms. The largest absolute Gasteiger partial charge is 0.508 e. The zero-order valence-electron chi connectivity index (χ0n) is 14.0. The molecule has 1 fully saturated rings. The van der Waals surface area contributed by atoms with Crippen molar-refractivity contribution in [2.75, 3.05) is 0 Å². The lowest BCUT2D eigenvalue weighted by molar-refractivity contribution is -0.123. The van der Waals surface area contributed by atoms with Crippen LogP contribution in [-0.2, 0) is 11.3 Å². The molecular formula is C20H14N2O3S2. The average molecular weight is 394 g/mol. The molecule has 0 radical (unpaired) electrons. The van der Waals surface area contributed by atoms with Gasteiger partial charge in [0.05, 0.1) is 17.1 Å². The summed E-state index contributed by atoms with van der Waals surface area (Å²) >= 11 is 2.38. The predicted octanol–water partition coefficient (Wildman–Crippen LogP) is 4.75. The molecule has 2 heterocycles.